The lowest BCUT2D eigenvalue weighted by Gasteiger charge is -2.41. The first kappa shape index (κ1) is 15.9. The molecule has 3 fully saturated rings. The number of epoxide rings is 1. The third-order valence-corrected chi connectivity index (χ3v) is 10.2. The van der Waals surface area contributed by atoms with Crippen molar-refractivity contribution < 1.29 is 23.7 Å². The lowest BCUT2D eigenvalue weighted by molar-refractivity contribution is -0.171. The molecule has 0 unspecified atom stereocenters. The summed E-state index contributed by atoms with van der Waals surface area (Å²) < 4.78 is 24.1. The highest BCUT2D eigenvalue weighted by Crippen LogP contribution is 2.54. The molecule has 0 saturated carbocycles. The van der Waals surface area contributed by atoms with Gasteiger partial charge in [-0.25, -0.2) is 0 Å². The van der Waals surface area contributed by atoms with E-state index < -0.39 is 8.32 Å². The number of ether oxygens (including phenoxy) is 3. The summed E-state index contributed by atoms with van der Waals surface area (Å²) in [6.45, 7) is 13.9. The first-order chi connectivity index (χ1) is 9.60. The summed E-state index contributed by atoms with van der Waals surface area (Å²) >= 11 is 0. The summed E-state index contributed by atoms with van der Waals surface area (Å²) in [5.74, 6) is 0. The second-order valence-corrected chi connectivity index (χ2v) is 13.2. The van der Waals surface area contributed by atoms with Crippen molar-refractivity contribution in [3.05, 3.63) is 0 Å². The van der Waals surface area contributed by atoms with Crippen molar-refractivity contribution in [2.75, 3.05) is 13.2 Å². The van der Waals surface area contributed by atoms with Crippen LogP contribution in [0.2, 0.25) is 18.1 Å². The SMILES string of the molecule is CC(C)(C)[Si](C)(C)OC[C@]1(C)[C@H]2O[C@@H]([C@H]3O[C@@H]31)[C@H](CO)O2. The van der Waals surface area contributed by atoms with Crippen LogP contribution >= 0.6 is 0 Å². The Morgan fingerprint density at radius 3 is 2.38 bits per heavy atom. The van der Waals surface area contributed by atoms with Gasteiger partial charge in [-0.2, -0.15) is 0 Å². The van der Waals surface area contributed by atoms with Gasteiger partial charge in [0.2, 0.25) is 0 Å². The monoisotopic (exact) mass is 316 g/mol. The quantitative estimate of drug-likeness (QED) is 0.634. The molecule has 6 atom stereocenters. The summed E-state index contributed by atoms with van der Waals surface area (Å²) in [7, 11) is -1.82. The molecule has 0 spiro atoms. The zero-order valence-electron chi connectivity index (χ0n) is 13.9. The minimum Gasteiger partial charge on any atom is -0.416 e. The molecule has 3 heterocycles. The molecule has 122 valence electrons. The fraction of sp³-hybridized carbons (Fsp3) is 1.00. The van der Waals surface area contributed by atoms with Gasteiger partial charge in [0.15, 0.2) is 14.6 Å². The molecule has 0 radical (unpaired) electrons. The Morgan fingerprint density at radius 2 is 1.81 bits per heavy atom. The van der Waals surface area contributed by atoms with Crippen molar-refractivity contribution in [2.24, 2.45) is 5.41 Å². The van der Waals surface area contributed by atoms with Crippen LogP contribution in [0.15, 0.2) is 0 Å². The largest absolute Gasteiger partial charge is 0.416 e. The molecule has 0 aromatic carbocycles. The van der Waals surface area contributed by atoms with Gasteiger partial charge in [-0.15, -0.1) is 0 Å². The molecular weight excluding hydrogens is 288 g/mol. The van der Waals surface area contributed by atoms with Crippen LogP contribution in [0.25, 0.3) is 0 Å². The Bertz CT molecular complexity index is 419. The topological polar surface area (TPSA) is 60.5 Å². The first-order valence-electron chi connectivity index (χ1n) is 7.81. The predicted octanol–water partition coefficient (Wildman–Crippen LogP) is 1.90. The van der Waals surface area contributed by atoms with Gasteiger partial charge in [0, 0.05) is 6.61 Å². The van der Waals surface area contributed by atoms with Crippen LogP contribution < -0.4 is 0 Å². The Hall–Kier alpha value is 0.0169. The molecule has 3 aliphatic rings. The van der Waals surface area contributed by atoms with Crippen molar-refractivity contribution in [1.29, 1.82) is 0 Å². The maximum Gasteiger partial charge on any atom is 0.192 e. The molecule has 3 saturated heterocycles. The molecule has 1 N–H and O–H groups in total. The van der Waals surface area contributed by atoms with Crippen LogP contribution in [-0.4, -0.2) is 57.3 Å². The molecule has 3 aliphatic heterocycles. The number of rotatable bonds is 4. The smallest absolute Gasteiger partial charge is 0.192 e. The molecule has 21 heavy (non-hydrogen) atoms. The number of hydrogen-bond acceptors (Lipinski definition) is 5. The summed E-state index contributed by atoms with van der Waals surface area (Å²) in [6, 6.07) is 0. The third kappa shape index (κ3) is 2.40. The zero-order chi connectivity index (χ0) is 15.6. The van der Waals surface area contributed by atoms with E-state index in [0.29, 0.717) is 6.61 Å². The highest BCUT2D eigenvalue weighted by Gasteiger charge is 2.69. The fourth-order valence-corrected chi connectivity index (χ4v) is 4.09. The van der Waals surface area contributed by atoms with Crippen LogP contribution in [0.5, 0.6) is 0 Å². The number of fused-ring (bicyclic) bond motifs is 4. The van der Waals surface area contributed by atoms with Crippen molar-refractivity contribution in [1.82, 2.24) is 0 Å². The maximum absolute atomic E-state index is 9.40. The fourth-order valence-electron chi connectivity index (χ4n) is 2.99. The zero-order valence-corrected chi connectivity index (χ0v) is 14.9. The van der Waals surface area contributed by atoms with Crippen LogP contribution in [0.4, 0.5) is 0 Å². The Labute approximate surface area is 128 Å². The van der Waals surface area contributed by atoms with E-state index in [1.165, 1.54) is 0 Å². The number of hydrogen-bond donors (Lipinski definition) is 1. The van der Waals surface area contributed by atoms with E-state index in [1.54, 1.807) is 0 Å². The van der Waals surface area contributed by atoms with Gasteiger partial charge in [-0.3, -0.25) is 0 Å². The van der Waals surface area contributed by atoms with E-state index in [4.69, 9.17) is 18.6 Å². The highest BCUT2D eigenvalue weighted by atomic mass is 28.4. The molecular formula is C15H28O5Si. The predicted molar refractivity (Wildman–Crippen MR) is 80.5 cm³/mol. The lowest BCUT2D eigenvalue weighted by atomic mass is 9.82. The van der Waals surface area contributed by atoms with E-state index in [9.17, 15) is 5.11 Å². The molecule has 5 nitrogen and oxygen atoms in total. The van der Waals surface area contributed by atoms with Crippen LogP contribution in [0.3, 0.4) is 0 Å². The number of aliphatic hydroxyl groups is 1. The molecule has 0 aromatic heterocycles. The first-order valence-corrected chi connectivity index (χ1v) is 10.7. The van der Waals surface area contributed by atoms with Crippen molar-refractivity contribution in [3.8, 4) is 0 Å². The van der Waals surface area contributed by atoms with Gasteiger partial charge >= 0.3 is 0 Å². The van der Waals surface area contributed by atoms with Crippen LogP contribution in [0.1, 0.15) is 27.7 Å². The van der Waals surface area contributed by atoms with Gasteiger partial charge < -0.3 is 23.7 Å². The van der Waals surface area contributed by atoms with Crippen LogP contribution in [-0.2, 0) is 18.6 Å². The molecule has 3 rings (SSSR count). The van der Waals surface area contributed by atoms with Gasteiger partial charge in [0.05, 0.1) is 18.1 Å². The van der Waals surface area contributed by atoms with Gasteiger partial charge in [0.1, 0.15) is 18.3 Å². The second kappa shape index (κ2) is 4.76. The standard InChI is InChI=1S/C15H28O5Si/c1-14(2,3)21(5,6)17-8-15(4)12-11(19-12)10-9(7-16)18-13(15)20-10/h9-13,16H,7-8H2,1-6H3/t9-,10+,11+,12-,13+,15-/m0/s1. The minimum atomic E-state index is -1.82. The van der Waals surface area contributed by atoms with E-state index in [-0.39, 0.29) is 47.8 Å². The highest BCUT2D eigenvalue weighted by molar-refractivity contribution is 6.74. The average Bonchev–Trinajstić information content (AvgIpc) is 3.09. The summed E-state index contributed by atoms with van der Waals surface area (Å²) in [5, 5.41) is 9.58. The Morgan fingerprint density at radius 1 is 1.14 bits per heavy atom. The van der Waals surface area contributed by atoms with E-state index >= 15 is 0 Å². The van der Waals surface area contributed by atoms with Crippen molar-refractivity contribution >= 4 is 8.32 Å². The maximum atomic E-state index is 9.40. The second-order valence-electron chi connectivity index (χ2n) is 8.37. The Kier molecular flexibility index (Phi) is 3.60. The third-order valence-electron chi connectivity index (χ3n) is 5.71. The summed E-state index contributed by atoms with van der Waals surface area (Å²) in [6.07, 6.45) is -0.546. The normalized spacial score (nSPS) is 45.6. The average molecular weight is 316 g/mol. The molecule has 0 aliphatic carbocycles. The summed E-state index contributed by atoms with van der Waals surface area (Å²) in [4.78, 5) is 0. The summed E-state index contributed by atoms with van der Waals surface area (Å²) in [5.41, 5.74) is -0.291. The molecule has 0 amide bonds. The lowest BCUT2D eigenvalue weighted by Crippen LogP contribution is -2.51. The van der Waals surface area contributed by atoms with Crippen molar-refractivity contribution in [2.45, 2.75) is 76.5 Å². The number of aliphatic hydroxyl groups excluding tert-OH is 1. The minimum absolute atomic E-state index is 0.0209. The molecule has 6 heteroatoms. The van der Waals surface area contributed by atoms with Gasteiger partial charge in [-0.1, -0.05) is 20.8 Å². The van der Waals surface area contributed by atoms with Crippen molar-refractivity contribution in [3.63, 3.8) is 0 Å². The van der Waals surface area contributed by atoms with Gasteiger partial charge in [-0.05, 0) is 25.1 Å². The Balaban J connectivity index is 1.71. The van der Waals surface area contributed by atoms with E-state index in [2.05, 4.69) is 40.8 Å². The van der Waals surface area contributed by atoms with E-state index in [0.717, 1.165) is 0 Å². The van der Waals surface area contributed by atoms with Gasteiger partial charge in [0.25, 0.3) is 0 Å². The van der Waals surface area contributed by atoms with Crippen LogP contribution in [0, 0.1) is 5.41 Å². The molecule has 2 bridgehead atoms. The van der Waals surface area contributed by atoms with E-state index in [1.807, 2.05) is 0 Å². The molecule has 0 aromatic rings.